The van der Waals surface area contributed by atoms with E-state index in [1.54, 1.807) is 4.90 Å². The van der Waals surface area contributed by atoms with E-state index in [0.717, 1.165) is 46.7 Å². The number of piperidine rings is 1. The number of rotatable bonds is 6. The molecule has 5 rings (SSSR count). The molecule has 2 aromatic carbocycles. The van der Waals surface area contributed by atoms with E-state index >= 15 is 0 Å². The van der Waals surface area contributed by atoms with Crippen molar-refractivity contribution in [1.29, 1.82) is 0 Å². The van der Waals surface area contributed by atoms with Crippen molar-refractivity contribution < 1.29 is 27.5 Å². The Bertz CT molecular complexity index is 1370. The van der Waals surface area contributed by atoms with Crippen LogP contribution in [0.3, 0.4) is 0 Å². The van der Waals surface area contributed by atoms with Crippen LogP contribution in [0.2, 0.25) is 0 Å². The molecule has 1 N–H and O–H groups in total. The van der Waals surface area contributed by atoms with Gasteiger partial charge in [-0.05, 0) is 55.9 Å². The van der Waals surface area contributed by atoms with Gasteiger partial charge in [0.2, 0.25) is 0 Å². The monoisotopic (exact) mass is 529 g/mol. The minimum Gasteiger partial charge on any atom is -0.496 e. The molecular weight excluding hydrogens is 503 g/mol. The number of fused-ring (bicyclic) bond motifs is 1. The first-order chi connectivity index (χ1) is 17.6. The first-order valence-electron chi connectivity index (χ1n) is 12.0. The molecule has 2 aliphatic rings. The minimum atomic E-state index is -4.65. The second-order valence-electron chi connectivity index (χ2n) is 9.59. The SMILES string of the molecule is COc1ccc(C(=O)NC[C@@H]2C3C[C@H]3CN2C(=O)c2nc(C)sc2-c2cccc(C)c2)cc1C(F)(F)F. The van der Waals surface area contributed by atoms with Crippen LogP contribution in [-0.4, -0.2) is 47.9 Å². The van der Waals surface area contributed by atoms with Crippen LogP contribution in [0.4, 0.5) is 13.2 Å². The summed E-state index contributed by atoms with van der Waals surface area (Å²) in [5, 5.41) is 3.54. The maximum atomic E-state index is 13.7. The molecule has 0 bridgehead atoms. The average Bonchev–Trinajstić information content (AvgIpc) is 3.37. The smallest absolute Gasteiger partial charge is 0.419 e. The summed E-state index contributed by atoms with van der Waals surface area (Å²) in [6.45, 7) is 4.59. The predicted molar refractivity (Wildman–Crippen MR) is 134 cm³/mol. The third-order valence-corrected chi connectivity index (χ3v) is 8.04. The molecule has 0 spiro atoms. The van der Waals surface area contributed by atoms with Gasteiger partial charge in [0.15, 0.2) is 0 Å². The summed E-state index contributed by atoms with van der Waals surface area (Å²) >= 11 is 1.47. The molecule has 1 unspecified atom stereocenters. The van der Waals surface area contributed by atoms with Crippen LogP contribution in [0, 0.1) is 25.7 Å². The lowest BCUT2D eigenvalue weighted by atomic mass is 10.1. The first kappa shape index (κ1) is 25.3. The number of likely N-dealkylation sites (tertiary alicyclic amines) is 1. The van der Waals surface area contributed by atoms with Crippen molar-refractivity contribution in [2.75, 3.05) is 20.2 Å². The van der Waals surface area contributed by atoms with Gasteiger partial charge in [-0.2, -0.15) is 13.2 Å². The van der Waals surface area contributed by atoms with Crippen molar-refractivity contribution in [3.63, 3.8) is 0 Å². The van der Waals surface area contributed by atoms with Gasteiger partial charge in [0.1, 0.15) is 11.4 Å². The zero-order chi connectivity index (χ0) is 26.5. The number of hydrogen-bond donors (Lipinski definition) is 1. The fraction of sp³-hybridized carbons (Fsp3) is 0.370. The fourth-order valence-corrected chi connectivity index (χ4v) is 6.03. The predicted octanol–water partition coefficient (Wildman–Crippen LogP) is 5.34. The summed E-state index contributed by atoms with van der Waals surface area (Å²) in [6, 6.07) is 10.9. The van der Waals surface area contributed by atoms with Gasteiger partial charge in [-0.25, -0.2) is 4.98 Å². The Labute approximate surface area is 216 Å². The topological polar surface area (TPSA) is 71.5 Å². The number of methoxy groups -OCH3 is 1. The number of hydrogen-bond acceptors (Lipinski definition) is 5. The number of benzene rings is 2. The Morgan fingerprint density at radius 2 is 1.97 bits per heavy atom. The molecule has 1 aliphatic carbocycles. The van der Waals surface area contributed by atoms with Crippen molar-refractivity contribution >= 4 is 23.2 Å². The molecule has 3 atom stereocenters. The number of aryl methyl sites for hydroxylation is 2. The van der Waals surface area contributed by atoms with Crippen molar-refractivity contribution in [1.82, 2.24) is 15.2 Å². The second kappa shape index (κ2) is 9.48. The van der Waals surface area contributed by atoms with Crippen LogP contribution in [0.5, 0.6) is 5.75 Å². The summed E-state index contributed by atoms with van der Waals surface area (Å²) in [5.41, 5.74) is 1.29. The number of alkyl halides is 3. The maximum absolute atomic E-state index is 13.7. The summed E-state index contributed by atoms with van der Waals surface area (Å²) < 4.78 is 45.0. The molecular formula is C27H26F3N3O3S. The van der Waals surface area contributed by atoms with Gasteiger partial charge < -0.3 is 15.0 Å². The minimum absolute atomic E-state index is 0.117. The molecule has 1 saturated heterocycles. The molecule has 1 saturated carbocycles. The summed E-state index contributed by atoms with van der Waals surface area (Å²) in [4.78, 5) is 33.6. The highest BCUT2D eigenvalue weighted by molar-refractivity contribution is 7.15. The molecule has 37 heavy (non-hydrogen) atoms. The summed E-state index contributed by atoms with van der Waals surface area (Å²) in [5.74, 6) is -0.537. The van der Waals surface area contributed by atoms with Crippen molar-refractivity contribution in [2.24, 2.45) is 11.8 Å². The lowest BCUT2D eigenvalue weighted by molar-refractivity contribution is -0.138. The van der Waals surface area contributed by atoms with E-state index in [1.807, 2.05) is 38.1 Å². The number of aromatic nitrogens is 1. The first-order valence-corrected chi connectivity index (χ1v) is 12.8. The number of amides is 2. The maximum Gasteiger partial charge on any atom is 0.419 e. The van der Waals surface area contributed by atoms with Crippen LogP contribution in [0.15, 0.2) is 42.5 Å². The Hall–Kier alpha value is -3.40. The van der Waals surface area contributed by atoms with Gasteiger partial charge in [-0.15, -0.1) is 11.3 Å². The van der Waals surface area contributed by atoms with E-state index in [2.05, 4.69) is 10.3 Å². The molecule has 2 heterocycles. The Morgan fingerprint density at radius 3 is 2.68 bits per heavy atom. The van der Waals surface area contributed by atoms with Gasteiger partial charge in [0.05, 0.1) is 28.6 Å². The van der Waals surface area contributed by atoms with Gasteiger partial charge in [0.25, 0.3) is 11.8 Å². The number of nitrogens with zero attached hydrogens (tertiary/aromatic N) is 2. The molecule has 1 aromatic heterocycles. The van der Waals surface area contributed by atoms with E-state index in [-0.39, 0.29) is 35.7 Å². The van der Waals surface area contributed by atoms with Gasteiger partial charge in [-0.1, -0.05) is 29.8 Å². The Kier molecular flexibility index (Phi) is 6.47. The molecule has 6 nitrogen and oxygen atoms in total. The lowest BCUT2D eigenvalue weighted by Crippen LogP contribution is -2.45. The van der Waals surface area contributed by atoms with Crippen molar-refractivity contribution in [3.05, 3.63) is 69.9 Å². The van der Waals surface area contributed by atoms with Gasteiger partial charge >= 0.3 is 6.18 Å². The highest BCUT2D eigenvalue weighted by atomic mass is 32.1. The van der Waals surface area contributed by atoms with Crippen LogP contribution in [0.25, 0.3) is 10.4 Å². The molecule has 1 aliphatic heterocycles. The molecule has 0 radical (unpaired) electrons. The summed E-state index contributed by atoms with van der Waals surface area (Å²) in [6.07, 6.45) is -3.69. The molecule has 2 fully saturated rings. The number of thiazole rings is 1. The van der Waals surface area contributed by atoms with E-state index in [1.165, 1.54) is 17.4 Å². The van der Waals surface area contributed by atoms with Crippen molar-refractivity contribution in [3.8, 4) is 16.2 Å². The van der Waals surface area contributed by atoms with E-state index in [4.69, 9.17) is 4.74 Å². The van der Waals surface area contributed by atoms with Crippen LogP contribution in [-0.2, 0) is 6.18 Å². The average molecular weight is 530 g/mol. The third kappa shape index (κ3) is 4.94. The van der Waals surface area contributed by atoms with Gasteiger partial charge in [-0.3, -0.25) is 9.59 Å². The summed E-state index contributed by atoms with van der Waals surface area (Å²) in [7, 11) is 1.15. The molecule has 3 aromatic rings. The lowest BCUT2D eigenvalue weighted by Gasteiger charge is -2.27. The quantitative estimate of drug-likeness (QED) is 0.468. The number of nitrogens with one attached hydrogen (secondary N) is 1. The number of carbonyl (C=O) groups is 2. The largest absolute Gasteiger partial charge is 0.496 e. The molecule has 10 heteroatoms. The van der Waals surface area contributed by atoms with E-state index in [9.17, 15) is 22.8 Å². The highest BCUT2D eigenvalue weighted by Gasteiger charge is 2.54. The molecule has 2 amide bonds. The van der Waals surface area contributed by atoms with Crippen LogP contribution >= 0.6 is 11.3 Å². The molecule has 194 valence electrons. The second-order valence-corrected chi connectivity index (χ2v) is 10.8. The Morgan fingerprint density at radius 1 is 1.19 bits per heavy atom. The standard InChI is InChI=1S/C27H26F3N3O3S/c1-14-5-4-6-16(9-14)24-23(32-15(2)37-24)26(35)33-13-18-10-19(18)21(33)12-31-25(34)17-7-8-22(36-3)20(11-17)27(28,29)30/h4-9,11,18-19,21H,10,12-13H2,1-3H3,(H,31,34)/t18-,19?,21+/m0/s1. The van der Waals surface area contributed by atoms with E-state index in [0.29, 0.717) is 18.2 Å². The van der Waals surface area contributed by atoms with Crippen molar-refractivity contribution in [2.45, 2.75) is 32.5 Å². The zero-order valence-corrected chi connectivity index (χ0v) is 21.4. The third-order valence-electron chi connectivity index (χ3n) is 7.02. The number of ether oxygens (including phenoxy) is 1. The highest BCUT2D eigenvalue weighted by Crippen LogP contribution is 2.50. The van der Waals surface area contributed by atoms with Gasteiger partial charge in [0, 0.05) is 18.7 Å². The number of halogens is 3. The fourth-order valence-electron chi connectivity index (χ4n) is 5.13. The van der Waals surface area contributed by atoms with Crippen LogP contribution < -0.4 is 10.1 Å². The Balaban J connectivity index is 1.34. The number of carbonyl (C=O) groups excluding carboxylic acids is 2. The van der Waals surface area contributed by atoms with Crippen LogP contribution in [0.1, 0.15) is 43.4 Å². The van der Waals surface area contributed by atoms with E-state index < -0.39 is 17.6 Å². The normalized spacial score (nSPS) is 20.5. The zero-order valence-electron chi connectivity index (χ0n) is 20.6.